The number of pyridine rings is 1. The highest BCUT2D eigenvalue weighted by Gasteiger charge is 2.10. The lowest BCUT2D eigenvalue weighted by Crippen LogP contribution is -2.34. The van der Waals surface area contributed by atoms with Crippen LogP contribution in [0.5, 0.6) is 5.75 Å². The Labute approximate surface area is 163 Å². The Balaban J connectivity index is 1.65. The number of ether oxygens (including phenoxy) is 1. The first kappa shape index (κ1) is 18.8. The summed E-state index contributed by atoms with van der Waals surface area (Å²) in [5, 5.41) is 6.96. The Morgan fingerprint density at radius 1 is 1.15 bits per heavy atom. The van der Waals surface area contributed by atoms with Gasteiger partial charge in [-0.25, -0.2) is 0 Å². The van der Waals surface area contributed by atoms with Gasteiger partial charge in [-0.15, -0.1) is 0 Å². The molecule has 1 aromatic heterocycles. The van der Waals surface area contributed by atoms with E-state index in [0.717, 1.165) is 29.4 Å². The fraction of sp³-hybridized carbons (Fsp3) is 0.190. The molecule has 6 heteroatoms. The minimum absolute atomic E-state index is 0.218. The van der Waals surface area contributed by atoms with Crippen LogP contribution in [0.2, 0.25) is 0 Å². The van der Waals surface area contributed by atoms with Gasteiger partial charge in [0.2, 0.25) is 0 Å². The van der Waals surface area contributed by atoms with Gasteiger partial charge in [0.25, 0.3) is 5.91 Å². The van der Waals surface area contributed by atoms with E-state index in [1.165, 1.54) is 0 Å². The Kier molecular flexibility index (Phi) is 6.33. The molecule has 0 unspecified atom stereocenters. The molecule has 1 heterocycles. The van der Waals surface area contributed by atoms with E-state index in [2.05, 4.69) is 22.5 Å². The first-order chi connectivity index (χ1) is 13.2. The Bertz CT molecular complexity index is 954. The van der Waals surface area contributed by atoms with Gasteiger partial charge in [0.05, 0.1) is 17.8 Å². The van der Waals surface area contributed by atoms with Crippen LogP contribution in [0.25, 0.3) is 10.9 Å². The SMILES string of the molecule is CCCCOc1cccc(C(=O)NC(=S)Nc2cccc3cccnc23)c1. The summed E-state index contributed by atoms with van der Waals surface area (Å²) < 4.78 is 5.65. The molecule has 138 valence electrons. The quantitative estimate of drug-likeness (QED) is 0.486. The van der Waals surface area contributed by atoms with Gasteiger partial charge in [0.1, 0.15) is 5.75 Å². The van der Waals surface area contributed by atoms with Crippen molar-refractivity contribution in [3.8, 4) is 5.75 Å². The Hall–Kier alpha value is -2.99. The third kappa shape index (κ3) is 5.01. The summed E-state index contributed by atoms with van der Waals surface area (Å²) in [6, 6.07) is 16.7. The topological polar surface area (TPSA) is 63.2 Å². The number of hydrogen-bond donors (Lipinski definition) is 2. The number of carbonyl (C=O) groups excluding carboxylic acids is 1. The number of amides is 1. The van der Waals surface area contributed by atoms with E-state index in [-0.39, 0.29) is 11.0 Å². The minimum Gasteiger partial charge on any atom is -0.494 e. The molecule has 2 N–H and O–H groups in total. The van der Waals surface area contributed by atoms with Crippen LogP contribution in [0, 0.1) is 0 Å². The van der Waals surface area contributed by atoms with Crippen molar-refractivity contribution in [2.24, 2.45) is 0 Å². The van der Waals surface area contributed by atoms with E-state index in [9.17, 15) is 4.79 Å². The van der Waals surface area contributed by atoms with Crippen LogP contribution >= 0.6 is 12.2 Å². The molecule has 0 bridgehead atoms. The zero-order valence-electron chi connectivity index (χ0n) is 15.1. The molecule has 5 nitrogen and oxygen atoms in total. The van der Waals surface area contributed by atoms with E-state index in [0.29, 0.717) is 17.9 Å². The molecule has 3 aromatic rings. The first-order valence-corrected chi connectivity index (χ1v) is 9.27. The average molecular weight is 379 g/mol. The predicted octanol–water partition coefficient (Wildman–Crippen LogP) is 4.54. The van der Waals surface area contributed by atoms with E-state index in [1.54, 1.807) is 24.4 Å². The monoisotopic (exact) mass is 379 g/mol. The predicted molar refractivity (Wildman–Crippen MR) is 112 cm³/mol. The zero-order valence-corrected chi connectivity index (χ0v) is 15.9. The molecule has 0 aliphatic heterocycles. The number of anilines is 1. The molecule has 0 aliphatic carbocycles. The van der Waals surface area contributed by atoms with Gasteiger partial charge in [0, 0.05) is 17.1 Å². The summed E-state index contributed by atoms with van der Waals surface area (Å²) in [6.45, 7) is 2.74. The molecule has 0 spiro atoms. The zero-order chi connectivity index (χ0) is 19.1. The number of nitrogens with one attached hydrogen (secondary N) is 2. The van der Waals surface area contributed by atoms with Gasteiger partial charge < -0.3 is 10.1 Å². The molecule has 0 saturated carbocycles. The minimum atomic E-state index is -0.290. The van der Waals surface area contributed by atoms with Crippen LogP contribution in [0.1, 0.15) is 30.1 Å². The third-order valence-corrected chi connectivity index (χ3v) is 4.17. The molecule has 2 aromatic carbocycles. The molecule has 3 rings (SSSR count). The Morgan fingerprint density at radius 2 is 1.96 bits per heavy atom. The van der Waals surface area contributed by atoms with Crippen molar-refractivity contribution in [2.45, 2.75) is 19.8 Å². The molecular weight excluding hydrogens is 358 g/mol. The molecule has 1 amide bonds. The molecule has 0 saturated heterocycles. The van der Waals surface area contributed by atoms with Gasteiger partial charge in [-0.3, -0.25) is 15.1 Å². The molecule has 0 fully saturated rings. The number of carbonyl (C=O) groups is 1. The largest absolute Gasteiger partial charge is 0.494 e. The highest BCUT2D eigenvalue weighted by molar-refractivity contribution is 7.80. The highest BCUT2D eigenvalue weighted by Crippen LogP contribution is 2.20. The van der Waals surface area contributed by atoms with Crippen LogP contribution in [0.4, 0.5) is 5.69 Å². The van der Waals surface area contributed by atoms with Crippen molar-refractivity contribution >= 4 is 39.8 Å². The average Bonchev–Trinajstić information content (AvgIpc) is 2.69. The molecule has 0 radical (unpaired) electrons. The molecule has 27 heavy (non-hydrogen) atoms. The Morgan fingerprint density at radius 3 is 2.81 bits per heavy atom. The fourth-order valence-corrected chi connectivity index (χ4v) is 2.80. The van der Waals surface area contributed by atoms with Crippen LogP contribution < -0.4 is 15.4 Å². The lowest BCUT2D eigenvalue weighted by Gasteiger charge is -2.12. The standard InChI is InChI=1S/C21H21N3O2S/c1-2-3-13-26-17-10-4-8-16(14-17)20(25)24-21(27)23-18-11-5-7-15-9-6-12-22-19(15)18/h4-12,14H,2-3,13H2,1H3,(H2,23,24,25,27). The van der Waals surface area contributed by atoms with Crippen molar-refractivity contribution in [1.82, 2.24) is 10.3 Å². The normalized spacial score (nSPS) is 10.4. The second-order valence-electron chi connectivity index (χ2n) is 6.02. The van der Waals surface area contributed by atoms with Crippen molar-refractivity contribution in [3.05, 3.63) is 66.4 Å². The lowest BCUT2D eigenvalue weighted by atomic mass is 10.2. The summed E-state index contributed by atoms with van der Waals surface area (Å²) in [4.78, 5) is 16.8. The third-order valence-electron chi connectivity index (χ3n) is 3.97. The summed E-state index contributed by atoms with van der Waals surface area (Å²) in [5.41, 5.74) is 2.03. The number of rotatable bonds is 6. The summed E-state index contributed by atoms with van der Waals surface area (Å²) in [7, 11) is 0. The highest BCUT2D eigenvalue weighted by atomic mass is 32.1. The maximum Gasteiger partial charge on any atom is 0.257 e. The number of hydrogen-bond acceptors (Lipinski definition) is 4. The molecule has 0 aliphatic rings. The van der Waals surface area contributed by atoms with E-state index >= 15 is 0 Å². The number of nitrogens with zero attached hydrogens (tertiary/aromatic N) is 1. The molecular formula is C21H21N3O2S. The van der Waals surface area contributed by atoms with E-state index < -0.39 is 0 Å². The van der Waals surface area contributed by atoms with Crippen molar-refractivity contribution < 1.29 is 9.53 Å². The number of unbranched alkanes of at least 4 members (excludes halogenated alkanes) is 1. The van der Waals surface area contributed by atoms with Crippen LogP contribution in [-0.4, -0.2) is 22.6 Å². The lowest BCUT2D eigenvalue weighted by molar-refractivity contribution is 0.0977. The van der Waals surface area contributed by atoms with Gasteiger partial charge in [0.15, 0.2) is 5.11 Å². The van der Waals surface area contributed by atoms with Gasteiger partial charge in [-0.05, 0) is 49.0 Å². The fourth-order valence-electron chi connectivity index (χ4n) is 2.60. The van der Waals surface area contributed by atoms with Gasteiger partial charge in [-0.2, -0.15) is 0 Å². The summed E-state index contributed by atoms with van der Waals surface area (Å²) >= 11 is 5.29. The van der Waals surface area contributed by atoms with E-state index in [4.69, 9.17) is 17.0 Å². The van der Waals surface area contributed by atoms with Crippen molar-refractivity contribution in [2.75, 3.05) is 11.9 Å². The number of para-hydroxylation sites is 1. The number of thiocarbonyl (C=S) groups is 1. The smallest absolute Gasteiger partial charge is 0.257 e. The van der Waals surface area contributed by atoms with Crippen LogP contribution in [0.3, 0.4) is 0 Å². The first-order valence-electron chi connectivity index (χ1n) is 8.86. The van der Waals surface area contributed by atoms with Gasteiger partial charge in [-0.1, -0.05) is 37.6 Å². The van der Waals surface area contributed by atoms with Gasteiger partial charge >= 0.3 is 0 Å². The second-order valence-corrected chi connectivity index (χ2v) is 6.43. The summed E-state index contributed by atoms with van der Waals surface area (Å²) in [6.07, 6.45) is 3.76. The second kappa shape index (κ2) is 9.09. The molecule has 0 atom stereocenters. The number of benzene rings is 2. The van der Waals surface area contributed by atoms with Crippen molar-refractivity contribution in [3.63, 3.8) is 0 Å². The summed E-state index contributed by atoms with van der Waals surface area (Å²) in [5.74, 6) is 0.384. The maximum atomic E-state index is 12.5. The number of aromatic nitrogens is 1. The van der Waals surface area contributed by atoms with Crippen LogP contribution in [-0.2, 0) is 0 Å². The van der Waals surface area contributed by atoms with E-state index in [1.807, 2.05) is 36.4 Å². The van der Waals surface area contributed by atoms with Crippen LogP contribution in [0.15, 0.2) is 60.8 Å². The maximum absolute atomic E-state index is 12.5. The number of fused-ring (bicyclic) bond motifs is 1. The van der Waals surface area contributed by atoms with Crippen molar-refractivity contribution in [1.29, 1.82) is 0 Å².